The van der Waals surface area contributed by atoms with Crippen LogP contribution in [0.4, 0.5) is 5.69 Å². The SMILES string of the molecule is CC(C)(C)Cn1ccc2cc(N)ccc21. The third-order valence-electron chi connectivity index (χ3n) is 2.44. The van der Waals surface area contributed by atoms with Gasteiger partial charge in [0.25, 0.3) is 0 Å². The number of nitrogen functional groups attached to an aromatic ring is 1. The zero-order valence-corrected chi connectivity index (χ0v) is 9.62. The number of rotatable bonds is 1. The topological polar surface area (TPSA) is 30.9 Å². The number of nitrogens with zero attached hydrogens (tertiary/aromatic N) is 1. The Bertz CT molecular complexity index is 475. The molecule has 2 nitrogen and oxygen atoms in total. The van der Waals surface area contributed by atoms with Crippen LogP contribution < -0.4 is 5.73 Å². The fourth-order valence-electron chi connectivity index (χ4n) is 1.87. The van der Waals surface area contributed by atoms with Crippen LogP contribution in [0.2, 0.25) is 0 Å². The predicted octanol–water partition coefficient (Wildman–Crippen LogP) is 3.27. The summed E-state index contributed by atoms with van der Waals surface area (Å²) in [6.45, 7) is 7.77. The molecule has 2 rings (SSSR count). The lowest BCUT2D eigenvalue weighted by atomic mass is 9.97. The monoisotopic (exact) mass is 202 g/mol. The summed E-state index contributed by atoms with van der Waals surface area (Å²) in [6.07, 6.45) is 2.13. The average Bonchev–Trinajstić information content (AvgIpc) is 2.45. The summed E-state index contributed by atoms with van der Waals surface area (Å²) in [6, 6.07) is 8.20. The van der Waals surface area contributed by atoms with Crippen molar-refractivity contribution in [3.05, 3.63) is 30.5 Å². The fourth-order valence-corrected chi connectivity index (χ4v) is 1.87. The largest absolute Gasteiger partial charge is 0.399 e. The quantitative estimate of drug-likeness (QED) is 0.707. The van der Waals surface area contributed by atoms with Crippen LogP contribution in [-0.2, 0) is 6.54 Å². The van der Waals surface area contributed by atoms with E-state index in [4.69, 9.17) is 5.73 Å². The Morgan fingerprint density at radius 1 is 1.20 bits per heavy atom. The minimum atomic E-state index is 0.299. The van der Waals surface area contributed by atoms with Gasteiger partial charge in [0.1, 0.15) is 0 Å². The second-order valence-electron chi connectivity index (χ2n) is 5.32. The molecule has 0 spiro atoms. The van der Waals surface area contributed by atoms with E-state index in [0.717, 1.165) is 12.2 Å². The van der Waals surface area contributed by atoms with Crippen molar-refractivity contribution in [1.82, 2.24) is 4.57 Å². The molecule has 0 aliphatic heterocycles. The van der Waals surface area contributed by atoms with Crippen LogP contribution in [0.15, 0.2) is 30.5 Å². The van der Waals surface area contributed by atoms with Gasteiger partial charge in [-0.25, -0.2) is 0 Å². The van der Waals surface area contributed by atoms with Crippen molar-refractivity contribution in [2.45, 2.75) is 27.3 Å². The molecule has 0 bridgehead atoms. The van der Waals surface area contributed by atoms with Crippen LogP contribution in [0.25, 0.3) is 10.9 Å². The molecular weight excluding hydrogens is 184 g/mol. The smallest absolute Gasteiger partial charge is 0.0481 e. The summed E-state index contributed by atoms with van der Waals surface area (Å²) >= 11 is 0. The third-order valence-corrected chi connectivity index (χ3v) is 2.44. The maximum absolute atomic E-state index is 5.75. The van der Waals surface area contributed by atoms with Gasteiger partial charge in [-0.2, -0.15) is 0 Å². The van der Waals surface area contributed by atoms with Gasteiger partial charge in [0, 0.05) is 29.3 Å². The zero-order chi connectivity index (χ0) is 11.1. The Balaban J connectivity index is 2.45. The van der Waals surface area contributed by atoms with Crippen LogP contribution in [0.3, 0.4) is 0 Å². The Kier molecular flexibility index (Phi) is 2.22. The van der Waals surface area contributed by atoms with Crippen molar-refractivity contribution in [2.24, 2.45) is 5.41 Å². The molecule has 0 aliphatic rings. The highest BCUT2D eigenvalue weighted by atomic mass is 15.0. The van der Waals surface area contributed by atoms with Crippen molar-refractivity contribution < 1.29 is 0 Å². The van der Waals surface area contributed by atoms with Gasteiger partial charge in [-0.05, 0) is 29.7 Å². The second-order valence-corrected chi connectivity index (χ2v) is 5.32. The lowest BCUT2D eigenvalue weighted by molar-refractivity contribution is 0.349. The number of hydrogen-bond acceptors (Lipinski definition) is 1. The minimum absolute atomic E-state index is 0.299. The van der Waals surface area contributed by atoms with E-state index in [1.165, 1.54) is 10.9 Å². The van der Waals surface area contributed by atoms with Crippen LogP contribution in [-0.4, -0.2) is 4.57 Å². The molecule has 2 aromatic rings. The molecule has 0 aliphatic carbocycles. The van der Waals surface area contributed by atoms with Crippen molar-refractivity contribution in [2.75, 3.05) is 5.73 Å². The molecule has 0 atom stereocenters. The van der Waals surface area contributed by atoms with Gasteiger partial charge >= 0.3 is 0 Å². The Labute approximate surface area is 90.7 Å². The first kappa shape index (κ1) is 10.1. The summed E-state index contributed by atoms with van der Waals surface area (Å²) in [5.41, 5.74) is 8.14. The number of nitrogens with two attached hydrogens (primary N) is 1. The van der Waals surface area contributed by atoms with E-state index in [0.29, 0.717) is 5.41 Å². The number of anilines is 1. The summed E-state index contributed by atoms with van der Waals surface area (Å²) in [5, 5.41) is 1.22. The molecule has 1 aromatic heterocycles. The van der Waals surface area contributed by atoms with Gasteiger partial charge in [0.15, 0.2) is 0 Å². The van der Waals surface area contributed by atoms with Gasteiger partial charge in [0.05, 0.1) is 0 Å². The van der Waals surface area contributed by atoms with Gasteiger partial charge < -0.3 is 10.3 Å². The van der Waals surface area contributed by atoms with E-state index >= 15 is 0 Å². The van der Waals surface area contributed by atoms with Crippen LogP contribution in [0.5, 0.6) is 0 Å². The Hall–Kier alpha value is -1.44. The fraction of sp³-hybridized carbons (Fsp3) is 0.385. The van der Waals surface area contributed by atoms with Gasteiger partial charge in [-0.15, -0.1) is 0 Å². The molecule has 15 heavy (non-hydrogen) atoms. The molecule has 1 aromatic carbocycles. The maximum Gasteiger partial charge on any atom is 0.0481 e. The molecule has 0 amide bonds. The zero-order valence-electron chi connectivity index (χ0n) is 9.62. The van der Waals surface area contributed by atoms with Crippen LogP contribution in [0.1, 0.15) is 20.8 Å². The Morgan fingerprint density at radius 2 is 1.93 bits per heavy atom. The molecule has 0 unspecified atom stereocenters. The van der Waals surface area contributed by atoms with Crippen molar-refractivity contribution in [3.8, 4) is 0 Å². The number of hydrogen-bond donors (Lipinski definition) is 1. The average molecular weight is 202 g/mol. The summed E-state index contributed by atoms with van der Waals surface area (Å²) < 4.78 is 2.29. The van der Waals surface area contributed by atoms with Gasteiger partial charge in [-0.3, -0.25) is 0 Å². The van der Waals surface area contributed by atoms with Crippen LogP contribution >= 0.6 is 0 Å². The predicted molar refractivity (Wildman–Crippen MR) is 65.8 cm³/mol. The second kappa shape index (κ2) is 3.30. The molecular formula is C13H18N2. The van der Waals surface area contributed by atoms with E-state index < -0.39 is 0 Å². The van der Waals surface area contributed by atoms with Crippen molar-refractivity contribution >= 4 is 16.6 Å². The highest BCUT2D eigenvalue weighted by molar-refractivity contribution is 5.83. The normalized spacial score (nSPS) is 12.2. The lowest BCUT2D eigenvalue weighted by Crippen LogP contribution is -2.14. The maximum atomic E-state index is 5.75. The van der Waals surface area contributed by atoms with Crippen molar-refractivity contribution in [3.63, 3.8) is 0 Å². The first-order valence-electron chi connectivity index (χ1n) is 5.30. The van der Waals surface area contributed by atoms with Gasteiger partial charge in [-0.1, -0.05) is 20.8 Å². The van der Waals surface area contributed by atoms with E-state index in [9.17, 15) is 0 Å². The third kappa shape index (κ3) is 2.14. The minimum Gasteiger partial charge on any atom is -0.399 e. The molecule has 80 valence electrons. The lowest BCUT2D eigenvalue weighted by Gasteiger charge is -2.19. The molecule has 1 heterocycles. The number of aromatic nitrogens is 1. The molecule has 0 saturated heterocycles. The summed E-state index contributed by atoms with van der Waals surface area (Å²) in [7, 11) is 0. The highest BCUT2D eigenvalue weighted by Gasteiger charge is 2.12. The van der Waals surface area contributed by atoms with E-state index in [2.05, 4.69) is 43.7 Å². The summed E-state index contributed by atoms with van der Waals surface area (Å²) in [5.74, 6) is 0. The molecule has 2 N–H and O–H groups in total. The molecule has 0 saturated carbocycles. The first-order valence-corrected chi connectivity index (χ1v) is 5.30. The van der Waals surface area contributed by atoms with E-state index in [1.54, 1.807) is 0 Å². The van der Waals surface area contributed by atoms with Crippen LogP contribution in [0, 0.1) is 5.41 Å². The molecule has 0 fully saturated rings. The Morgan fingerprint density at radius 3 is 2.60 bits per heavy atom. The first-order chi connectivity index (χ1) is 6.96. The van der Waals surface area contributed by atoms with E-state index in [-0.39, 0.29) is 0 Å². The highest BCUT2D eigenvalue weighted by Crippen LogP contribution is 2.23. The molecule has 0 radical (unpaired) electrons. The van der Waals surface area contributed by atoms with Gasteiger partial charge in [0.2, 0.25) is 0 Å². The number of fused-ring (bicyclic) bond motifs is 1. The molecule has 2 heteroatoms. The number of benzene rings is 1. The van der Waals surface area contributed by atoms with E-state index in [1.807, 2.05) is 12.1 Å². The standard InChI is InChI=1S/C13H18N2/c1-13(2,3)9-15-7-6-10-8-11(14)4-5-12(10)15/h4-8H,9,14H2,1-3H3. The van der Waals surface area contributed by atoms with Crippen molar-refractivity contribution in [1.29, 1.82) is 0 Å². The summed E-state index contributed by atoms with van der Waals surface area (Å²) in [4.78, 5) is 0.